The number of carbonyl (C=O) groups excluding carboxylic acids is 1. The average molecular weight is 522 g/mol. The smallest absolute Gasteiger partial charge is 0.410 e. The van der Waals surface area contributed by atoms with Crippen LogP contribution in [0.5, 0.6) is 0 Å². The fraction of sp³-hybridized carbons (Fsp3) is 0.417. The molecule has 1 amide bonds. The lowest BCUT2D eigenvalue weighted by atomic mass is 10.0. The largest absolute Gasteiger partial charge is 0.444 e. The Kier molecular flexibility index (Phi) is 6.46. The number of pyridine rings is 1. The van der Waals surface area contributed by atoms with Gasteiger partial charge in [-0.2, -0.15) is 0 Å². The fourth-order valence-electron chi connectivity index (χ4n) is 3.91. The van der Waals surface area contributed by atoms with E-state index < -0.39 is 23.3 Å². The first-order valence-electron chi connectivity index (χ1n) is 10.7. The molecular formula is C24H26BrF2N3O3. The van der Waals surface area contributed by atoms with Crippen molar-refractivity contribution in [2.45, 2.75) is 45.8 Å². The summed E-state index contributed by atoms with van der Waals surface area (Å²) >= 11 is 3.13. The Morgan fingerprint density at radius 2 is 1.97 bits per heavy atom. The van der Waals surface area contributed by atoms with Crippen LogP contribution in [0.2, 0.25) is 0 Å². The summed E-state index contributed by atoms with van der Waals surface area (Å²) in [5.74, 6) is -1.41. The molecule has 3 heterocycles. The molecule has 4 rings (SSSR count). The summed E-state index contributed by atoms with van der Waals surface area (Å²) in [6.07, 6.45) is 1.36. The number of aryl methyl sites for hydroxylation is 1. The maximum absolute atomic E-state index is 14.9. The highest BCUT2D eigenvalue weighted by molar-refractivity contribution is 9.10. The van der Waals surface area contributed by atoms with Gasteiger partial charge in [0, 0.05) is 23.6 Å². The van der Waals surface area contributed by atoms with Gasteiger partial charge in [-0.1, -0.05) is 15.9 Å². The number of nitrogens with zero attached hydrogens (tertiary/aromatic N) is 3. The molecule has 0 saturated carbocycles. The lowest BCUT2D eigenvalue weighted by molar-refractivity contribution is -0.0418. The van der Waals surface area contributed by atoms with E-state index in [9.17, 15) is 13.6 Å². The number of rotatable bonds is 3. The predicted molar refractivity (Wildman–Crippen MR) is 124 cm³/mol. The van der Waals surface area contributed by atoms with Gasteiger partial charge in [-0.15, -0.1) is 0 Å². The molecule has 1 fully saturated rings. The number of hydrogen-bond donors (Lipinski definition) is 0. The van der Waals surface area contributed by atoms with Gasteiger partial charge in [-0.25, -0.2) is 18.6 Å². The summed E-state index contributed by atoms with van der Waals surface area (Å²) in [6.45, 7) is 8.44. The maximum atomic E-state index is 14.9. The number of morpholine rings is 1. The number of hydrogen-bond acceptors (Lipinski definition) is 4. The SMILES string of the molecule is Cc1ccn2c(CC3CN(C(=O)OC(C)(C)C)CCO3)c(-c3c(F)cc(Br)cc3F)nc2c1. The number of amides is 1. The minimum Gasteiger partial charge on any atom is -0.444 e. The molecule has 0 N–H and O–H groups in total. The van der Waals surface area contributed by atoms with Gasteiger partial charge < -0.3 is 18.8 Å². The summed E-state index contributed by atoms with van der Waals surface area (Å²) in [6, 6.07) is 6.21. The molecule has 0 spiro atoms. The van der Waals surface area contributed by atoms with Crippen molar-refractivity contribution in [3.05, 3.63) is 57.8 Å². The predicted octanol–water partition coefficient (Wildman–Crippen LogP) is 5.53. The molecule has 6 nitrogen and oxygen atoms in total. The highest BCUT2D eigenvalue weighted by Crippen LogP contribution is 2.33. The molecule has 1 aromatic carbocycles. The van der Waals surface area contributed by atoms with Crippen LogP contribution in [0, 0.1) is 18.6 Å². The van der Waals surface area contributed by atoms with Crippen LogP contribution < -0.4 is 0 Å². The van der Waals surface area contributed by atoms with E-state index in [1.165, 1.54) is 12.1 Å². The fourth-order valence-corrected chi connectivity index (χ4v) is 4.31. The van der Waals surface area contributed by atoms with Crippen molar-refractivity contribution >= 4 is 27.7 Å². The van der Waals surface area contributed by atoms with Crippen molar-refractivity contribution in [1.82, 2.24) is 14.3 Å². The first kappa shape index (κ1) is 23.6. The van der Waals surface area contributed by atoms with Crippen LogP contribution >= 0.6 is 15.9 Å². The Morgan fingerprint density at radius 3 is 2.64 bits per heavy atom. The molecule has 0 radical (unpaired) electrons. The summed E-state index contributed by atoms with van der Waals surface area (Å²) in [7, 11) is 0. The Labute approximate surface area is 199 Å². The van der Waals surface area contributed by atoms with Crippen LogP contribution in [-0.2, 0) is 15.9 Å². The van der Waals surface area contributed by atoms with E-state index in [4.69, 9.17) is 9.47 Å². The van der Waals surface area contributed by atoms with Gasteiger partial charge in [-0.3, -0.25) is 0 Å². The van der Waals surface area contributed by atoms with E-state index >= 15 is 0 Å². The third-order valence-electron chi connectivity index (χ3n) is 5.34. The summed E-state index contributed by atoms with van der Waals surface area (Å²) in [4.78, 5) is 18.7. The first-order valence-corrected chi connectivity index (χ1v) is 11.5. The lowest BCUT2D eigenvalue weighted by Gasteiger charge is -2.34. The van der Waals surface area contributed by atoms with Crippen LogP contribution in [0.1, 0.15) is 32.0 Å². The zero-order valence-electron chi connectivity index (χ0n) is 19.0. The van der Waals surface area contributed by atoms with E-state index in [-0.39, 0.29) is 17.4 Å². The van der Waals surface area contributed by atoms with Gasteiger partial charge in [0.15, 0.2) is 0 Å². The minimum absolute atomic E-state index is 0.186. The van der Waals surface area contributed by atoms with Gasteiger partial charge in [0.05, 0.1) is 36.2 Å². The van der Waals surface area contributed by atoms with Crippen LogP contribution in [0.4, 0.5) is 13.6 Å². The molecule has 0 aliphatic carbocycles. The van der Waals surface area contributed by atoms with Crippen LogP contribution in [0.25, 0.3) is 16.9 Å². The van der Waals surface area contributed by atoms with Crippen molar-refractivity contribution in [3.63, 3.8) is 0 Å². The highest BCUT2D eigenvalue weighted by atomic mass is 79.9. The molecule has 3 aromatic rings. The standard InChI is InChI=1S/C24H26BrF2N3O3/c1-14-5-6-30-19(12-16-13-29(7-8-32-16)23(31)33-24(2,3)4)22(28-20(30)9-14)21-17(26)10-15(25)11-18(21)27/h5-6,9-11,16H,7-8,12-13H2,1-4H3. The second-order valence-electron chi connectivity index (χ2n) is 9.21. The summed E-state index contributed by atoms with van der Waals surface area (Å²) in [5, 5.41) is 0. The third kappa shape index (κ3) is 5.19. The molecular weight excluding hydrogens is 496 g/mol. The number of benzene rings is 1. The Bertz CT molecular complexity index is 1180. The number of aromatic nitrogens is 2. The minimum atomic E-state index is -0.705. The molecule has 1 saturated heterocycles. The van der Waals surface area contributed by atoms with Crippen LogP contribution in [0.15, 0.2) is 34.9 Å². The molecule has 0 bridgehead atoms. The van der Waals surface area contributed by atoms with Crippen LogP contribution in [-0.4, -0.2) is 51.8 Å². The quantitative estimate of drug-likeness (QED) is 0.454. The normalized spacial score (nSPS) is 16.9. The van der Waals surface area contributed by atoms with E-state index in [0.29, 0.717) is 41.9 Å². The molecule has 176 valence electrons. The van der Waals surface area contributed by atoms with Crippen molar-refractivity contribution in [2.75, 3.05) is 19.7 Å². The zero-order chi connectivity index (χ0) is 23.9. The molecule has 1 aliphatic heterocycles. The third-order valence-corrected chi connectivity index (χ3v) is 5.79. The van der Waals surface area contributed by atoms with Gasteiger partial charge in [-0.05, 0) is 57.5 Å². The van der Waals surface area contributed by atoms with Gasteiger partial charge in [0.2, 0.25) is 0 Å². The van der Waals surface area contributed by atoms with Gasteiger partial charge in [0.1, 0.15) is 22.9 Å². The summed E-state index contributed by atoms with van der Waals surface area (Å²) < 4.78 is 43.3. The van der Waals surface area contributed by atoms with E-state index in [2.05, 4.69) is 20.9 Å². The molecule has 2 aromatic heterocycles. The average Bonchev–Trinajstić information content (AvgIpc) is 3.03. The van der Waals surface area contributed by atoms with Crippen molar-refractivity contribution in [2.24, 2.45) is 0 Å². The van der Waals surface area contributed by atoms with E-state index in [1.807, 2.05) is 50.4 Å². The zero-order valence-corrected chi connectivity index (χ0v) is 20.6. The lowest BCUT2D eigenvalue weighted by Crippen LogP contribution is -2.48. The maximum Gasteiger partial charge on any atom is 0.410 e. The number of imidazole rings is 1. The Balaban J connectivity index is 1.70. The second-order valence-corrected chi connectivity index (χ2v) is 10.1. The Morgan fingerprint density at radius 1 is 1.27 bits per heavy atom. The number of halogens is 3. The van der Waals surface area contributed by atoms with E-state index in [0.717, 1.165) is 5.56 Å². The van der Waals surface area contributed by atoms with Gasteiger partial charge in [0.25, 0.3) is 0 Å². The monoisotopic (exact) mass is 521 g/mol. The molecule has 9 heteroatoms. The molecule has 33 heavy (non-hydrogen) atoms. The van der Waals surface area contributed by atoms with E-state index in [1.54, 1.807) is 4.90 Å². The molecule has 1 atom stereocenters. The molecule has 1 aliphatic rings. The second kappa shape index (κ2) is 9.02. The number of fused-ring (bicyclic) bond motifs is 1. The molecule has 1 unspecified atom stereocenters. The number of ether oxygens (including phenoxy) is 2. The van der Waals surface area contributed by atoms with Crippen molar-refractivity contribution < 1.29 is 23.0 Å². The van der Waals surface area contributed by atoms with Crippen molar-refractivity contribution in [3.8, 4) is 11.3 Å². The van der Waals surface area contributed by atoms with Gasteiger partial charge >= 0.3 is 6.09 Å². The number of carbonyl (C=O) groups is 1. The Hall–Kier alpha value is -2.52. The van der Waals surface area contributed by atoms with Crippen molar-refractivity contribution in [1.29, 1.82) is 0 Å². The topological polar surface area (TPSA) is 56.1 Å². The van der Waals surface area contributed by atoms with Crippen LogP contribution in [0.3, 0.4) is 0 Å². The highest BCUT2D eigenvalue weighted by Gasteiger charge is 2.30. The summed E-state index contributed by atoms with van der Waals surface area (Å²) in [5.41, 5.74) is 1.61. The first-order chi connectivity index (χ1) is 15.5.